The Labute approximate surface area is 98.6 Å². The molecule has 0 aliphatic heterocycles. The Kier molecular flexibility index (Phi) is 3.19. The minimum atomic E-state index is -0.385. The van der Waals surface area contributed by atoms with Gasteiger partial charge < -0.3 is 5.32 Å². The summed E-state index contributed by atoms with van der Waals surface area (Å²) in [6.07, 6.45) is 2.02. The molecule has 0 bridgehead atoms. The molecular formula is C11H12Cl2FN. The van der Waals surface area contributed by atoms with Gasteiger partial charge in [-0.05, 0) is 43.5 Å². The van der Waals surface area contributed by atoms with Crippen molar-refractivity contribution in [2.24, 2.45) is 0 Å². The summed E-state index contributed by atoms with van der Waals surface area (Å²) in [6, 6.07) is 3.48. The summed E-state index contributed by atoms with van der Waals surface area (Å²) in [5, 5.41) is 3.84. The molecule has 0 unspecified atom stereocenters. The molecule has 1 aliphatic rings. The molecule has 0 aromatic heterocycles. The first-order chi connectivity index (χ1) is 7.11. The molecule has 0 radical (unpaired) electrons. The fraction of sp³-hybridized carbons (Fsp3) is 0.455. The number of rotatable bonds is 2. The lowest BCUT2D eigenvalue weighted by Gasteiger charge is -2.35. The normalized spacial score (nSPS) is 25.1. The summed E-state index contributed by atoms with van der Waals surface area (Å²) in [5.41, 5.74) is 0.880. The largest absolute Gasteiger partial charge is 0.317 e. The Morgan fingerprint density at radius 3 is 2.53 bits per heavy atom. The van der Waals surface area contributed by atoms with Crippen LogP contribution in [0, 0.1) is 5.82 Å². The van der Waals surface area contributed by atoms with Gasteiger partial charge in [0, 0.05) is 11.1 Å². The van der Waals surface area contributed by atoms with Gasteiger partial charge in [-0.1, -0.05) is 23.2 Å². The number of halogens is 3. The number of hydrogen-bond donors (Lipinski definition) is 1. The van der Waals surface area contributed by atoms with E-state index in [2.05, 4.69) is 5.32 Å². The maximum atomic E-state index is 13.3. The highest BCUT2D eigenvalue weighted by Gasteiger charge is 2.30. The highest BCUT2D eigenvalue weighted by Crippen LogP contribution is 2.41. The number of nitrogens with one attached hydrogen (secondary N) is 1. The topological polar surface area (TPSA) is 12.0 Å². The predicted octanol–water partition coefficient (Wildman–Crippen LogP) is 3.60. The molecule has 1 aliphatic carbocycles. The van der Waals surface area contributed by atoms with Crippen LogP contribution in [0.15, 0.2) is 12.1 Å². The Hall–Kier alpha value is -0.310. The van der Waals surface area contributed by atoms with Crippen molar-refractivity contribution in [3.05, 3.63) is 33.6 Å². The van der Waals surface area contributed by atoms with Gasteiger partial charge in [0.1, 0.15) is 5.82 Å². The third-order valence-corrected chi connectivity index (χ3v) is 3.64. The van der Waals surface area contributed by atoms with Crippen LogP contribution < -0.4 is 5.32 Å². The quantitative estimate of drug-likeness (QED) is 0.788. The van der Waals surface area contributed by atoms with E-state index in [0.29, 0.717) is 17.0 Å². The van der Waals surface area contributed by atoms with Crippen molar-refractivity contribution in [3.63, 3.8) is 0 Å². The van der Waals surface area contributed by atoms with Crippen LogP contribution in [0.25, 0.3) is 0 Å². The zero-order valence-corrected chi connectivity index (χ0v) is 9.87. The summed E-state index contributed by atoms with van der Waals surface area (Å²) in [6.45, 7) is 0. The van der Waals surface area contributed by atoms with Crippen LogP contribution in [0.2, 0.25) is 10.0 Å². The number of benzene rings is 1. The average molecular weight is 248 g/mol. The lowest BCUT2D eigenvalue weighted by atomic mass is 9.76. The molecular weight excluding hydrogens is 236 g/mol. The first-order valence-electron chi connectivity index (χ1n) is 4.93. The molecule has 1 aromatic rings. The second-order valence-electron chi connectivity index (χ2n) is 3.94. The first-order valence-corrected chi connectivity index (χ1v) is 5.69. The van der Waals surface area contributed by atoms with Crippen LogP contribution in [0.3, 0.4) is 0 Å². The van der Waals surface area contributed by atoms with E-state index < -0.39 is 0 Å². The van der Waals surface area contributed by atoms with Crippen molar-refractivity contribution in [2.45, 2.75) is 24.8 Å². The molecule has 0 atom stereocenters. The maximum Gasteiger partial charge on any atom is 0.142 e. The van der Waals surface area contributed by atoms with Gasteiger partial charge >= 0.3 is 0 Å². The van der Waals surface area contributed by atoms with Crippen LogP contribution in [-0.4, -0.2) is 13.1 Å². The van der Waals surface area contributed by atoms with Crippen LogP contribution in [0.5, 0.6) is 0 Å². The third kappa shape index (κ3) is 2.12. The summed E-state index contributed by atoms with van der Waals surface area (Å²) >= 11 is 11.7. The van der Waals surface area contributed by atoms with Crippen molar-refractivity contribution in [2.75, 3.05) is 7.05 Å². The van der Waals surface area contributed by atoms with Crippen molar-refractivity contribution >= 4 is 23.2 Å². The maximum absolute atomic E-state index is 13.3. The molecule has 2 rings (SSSR count). The Morgan fingerprint density at radius 1 is 1.27 bits per heavy atom. The molecule has 1 fully saturated rings. The second-order valence-corrected chi connectivity index (χ2v) is 4.76. The fourth-order valence-electron chi connectivity index (χ4n) is 1.96. The van der Waals surface area contributed by atoms with Gasteiger partial charge in [0.15, 0.2) is 0 Å². The smallest absolute Gasteiger partial charge is 0.142 e. The standard InChI is InChI=1S/C11H12Cl2FN/c1-15-7-2-6(3-7)8-4-11(14)10(13)5-9(8)12/h4-7,15H,2-3H2,1H3. The zero-order chi connectivity index (χ0) is 11.0. The zero-order valence-electron chi connectivity index (χ0n) is 8.36. The molecule has 1 saturated carbocycles. The second kappa shape index (κ2) is 4.28. The highest BCUT2D eigenvalue weighted by molar-refractivity contribution is 6.35. The van der Waals surface area contributed by atoms with E-state index in [1.54, 1.807) is 0 Å². The van der Waals surface area contributed by atoms with Crippen LogP contribution in [0.4, 0.5) is 4.39 Å². The van der Waals surface area contributed by atoms with E-state index in [4.69, 9.17) is 23.2 Å². The lowest BCUT2D eigenvalue weighted by molar-refractivity contribution is 0.307. The summed E-state index contributed by atoms with van der Waals surface area (Å²) < 4.78 is 13.3. The molecule has 0 saturated heterocycles. The van der Waals surface area contributed by atoms with Gasteiger partial charge in [-0.15, -0.1) is 0 Å². The molecule has 0 spiro atoms. The van der Waals surface area contributed by atoms with Gasteiger partial charge in [-0.2, -0.15) is 0 Å². The predicted molar refractivity (Wildman–Crippen MR) is 61.2 cm³/mol. The Balaban J connectivity index is 2.19. The molecule has 4 heteroatoms. The highest BCUT2D eigenvalue weighted by atomic mass is 35.5. The summed E-state index contributed by atoms with van der Waals surface area (Å²) in [5.74, 6) is -0.0225. The van der Waals surface area contributed by atoms with Crippen molar-refractivity contribution in [1.82, 2.24) is 5.32 Å². The van der Waals surface area contributed by atoms with Crippen molar-refractivity contribution in [1.29, 1.82) is 0 Å². The molecule has 1 N–H and O–H groups in total. The number of hydrogen-bond acceptors (Lipinski definition) is 1. The SMILES string of the molecule is CNC1CC(c2cc(F)c(Cl)cc2Cl)C1. The molecule has 1 nitrogen and oxygen atoms in total. The van der Waals surface area contributed by atoms with E-state index in [1.165, 1.54) is 12.1 Å². The molecule has 0 amide bonds. The van der Waals surface area contributed by atoms with E-state index in [1.807, 2.05) is 7.05 Å². The third-order valence-electron chi connectivity index (χ3n) is 3.03. The fourth-order valence-corrected chi connectivity index (χ4v) is 2.50. The molecule has 0 heterocycles. The molecule has 15 heavy (non-hydrogen) atoms. The molecule has 1 aromatic carbocycles. The average Bonchev–Trinajstić information content (AvgIpc) is 2.12. The first kappa shape index (κ1) is 11.2. The van der Waals surface area contributed by atoms with E-state index in [-0.39, 0.29) is 10.8 Å². The summed E-state index contributed by atoms with van der Waals surface area (Å²) in [7, 11) is 1.94. The van der Waals surface area contributed by atoms with Gasteiger partial charge in [0.05, 0.1) is 5.02 Å². The van der Waals surface area contributed by atoms with Crippen LogP contribution in [0.1, 0.15) is 24.3 Å². The van der Waals surface area contributed by atoms with Crippen molar-refractivity contribution in [3.8, 4) is 0 Å². The summed E-state index contributed by atoms with van der Waals surface area (Å²) in [4.78, 5) is 0. The lowest BCUT2D eigenvalue weighted by Crippen LogP contribution is -2.37. The van der Waals surface area contributed by atoms with Crippen LogP contribution >= 0.6 is 23.2 Å². The molecule has 82 valence electrons. The minimum absolute atomic E-state index is 0.0910. The van der Waals surface area contributed by atoms with Gasteiger partial charge in [0.2, 0.25) is 0 Å². The van der Waals surface area contributed by atoms with Gasteiger partial charge in [0.25, 0.3) is 0 Å². The Bertz CT molecular complexity index is 375. The van der Waals surface area contributed by atoms with E-state index in [9.17, 15) is 4.39 Å². The van der Waals surface area contributed by atoms with Gasteiger partial charge in [-0.3, -0.25) is 0 Å². The monoisotopic (exact) mass is 247 g/mol. The Morgan fingerprint density at radius 2 is 1.93 bits per heavy atom. The van der Waals surface area contributed by atoms with Crippen molar-refractivity contribution < 1.29 is 4.39 Å². The van der Waals surface area contributed by atoms with E-state index in [0.717, 1.165) is 18.4 Å². The minimum Gasteiger partial charge on any atom is -0.317 e. The van der Waals surface area contributed by atoms with E-state index >= 15 is 0 Å². The van der Waals surface area contributed by atoms with Crippen LogP contribution in [-0.2, 0) is 0 Å². The van der Waals surface area contributed by atoms with Gasteiger partial charge in [-0.25, -0.2) is 4.39 Å².